The van der Waals surface area contributed by atoms with E-state index in [9.17, 15) is 0 Å². The molecule has 2 aromatic rings. The lowest BCUT2D eigenvalue weighted by molar-refractivity contribution is 0.285. The van der Waals surface area contributed by atoms with Crippen LogP contribution in [0.5, 0.6) is 0 Å². The first-order chi connectivity index (χ1) is 10.4. The quantitative estimate of drug-likeness (QED) is 0.883. The molecule has 0 aromatic carbocycles. The molecule has 21 heavy (non-hydrogen) atoms. The standard InChI is InChI=1S/C17H24N4/c1-2-13-5-7-16(8-6-13)19-11-15-12-20-21-17(15)14-4-3-9-18-10-14/h3-4,9-10,12-13,16,19H,2,5-8,11H2,1H3,(H,20,21). The van der Waals surface area contributed by atoms with Crippen LogP contribution in [0.2, 0.25) is 0 Å². The van der Waals surface area contributed by atoms with Crippen molar-refractivity contribution in [1.29, 1.82) is 0 Å². The van der Waals surface area contributed by atoms with Crippen LogP contribution in [0.4, 0.5) is 0 Å². The molecule has 2 heterocycles. The van der Waals surface area contributed by atoms with Crippen molar-refractivity contribution in [2.45, 2.75) is 51.6 Å². The van der Waals surface area contributed by atoms with Crippen LogP contribution in [0.15, 0.2) is 30.7 Å². The maximum atomic E-state index is 4.19. The zero-order valence-electron chi connectivity index (χ0n) is 12.7. The fourth-order valence-corrected chi connectivity index (χ4v) is 3.23. The summed E-state index contributed by atoms with van der Waals surface area (Å²) in [6.45, 7) is 3.19. The minimum Gasteiger partial charge on any atom is -0.310 e. The minimum absolute atomic E-state index is 0.657. The predicted molar refractivity (Wildman–Crippen MR) is 84.7 cm³/mol. The van der Waals surface area contributed by atoms with Crippen LogP contribution in [0, 0.1) is 5.92 Å². The molecule has 0 saturated heterocycles. The second-order valence-corrected chi connectivity index (χ2v) is 6.02. The SMILES string of the molecule is CCC1CCC(NCc2cn[nH]c2-c2cccnc2)CC1. The monoisotopic (exact) mass is 284 g/mol. The van der Waals surface area contributed by atoms with Gasteiger partial charge in [0.2, 0.25) is 0 Å². The smallest absolute Gasteiger partial charge is 0.0710 e. The topological polar surface area (TPSA) is 53.6 Å². The van der Waals surface area contributed by atoms with Gasteiger partial charge in [-0.1, -0.05) is 13.3 Å². The second-order valence-electron chi connectivity index (χ2n) is 6.02. The molecule has 3 rings (SSSR count). The largest absolute Gasteiger partial charge is 0.310 e. The highest BCUT2D eigenvalue weighted by molar-refractivity contribution is 5.61. The molecular weight excluding hydrogens is 260 g/mol. The van der Waals surface area contributed by atoms with E-state index in [2.05, 4.69) is 33.5 Å². The number of H-pyrrole nitrogens is 1. The Morgan fingerprint density at radius 2 is 2.10 bits per heavy atom. The third-order valence-electron chi connectivity index (χ3n) is 4.67. The van der Waals surface area contributed by atoms with Gasteiger partial charge >= 0.3 is 0 Å². The van der Waals surface area contributed by atoms with Crippen LogP contribution in [-0.4, -0.2) is 21.2 Å². The van der Waals surface area contributed by atoms with Crippen molar-refractivity contribution in [1.82, 2.24) is 20.5 Å². The van der Waals surface area contributed by atoms with E-state index in [-0.39, 0.29) is 0 Å². The normalized spacial score (nSPS) is 22.3. The van der Waals surface area contributed by atoms with E-state index in [0.717, 1.165) is 23.7 Å². The predicted octanol–water partition coefficient (Wildman–Crippen LogP) is 3.53. The van der Waals surface area contributed by atoms with Crippen LogP contribution in [0.25, 0.3) is 11.3 Å². The molecule has 0 radical (unpaired) electrons. The second kappa shape index (κ2) is 6.85. The summed E-state index contributed by atoms with van der Waals surface area (Å²) < 4.78 is 0. The average molecular weight is 284 g/mol. The Kier molecular flexibility index (Phi) is 4.65. The molecule has 4 nitrogen and oxygen atoms in total. The van der Waals surface area contributed by atoms with E-state index in [1.807, 2.05) is 18.5 Å². The first kappa shape index (κ1) is 14.3. The molecule has 0 amide bonds. The van der Waals surface area contributed by atoms with Gasteiger partial charge in [0.05, 0.1) is 11.9 Å². The Hall–Kier alpha value is -1.68. The highest BCUT2D eigenvalue weighted by atomic mass is 15.1. The van der Waals surface area contributed by atoms with Crippen LogP contribution < -0.4 is 5.32 Å². The molecule has 0 atom stereocenters. The number of hydrogen-bond acceptors (Lipinski definition) is 3. The third kappa shape index (κ3) is 3.50. The molecule has 1 fully saturated rings. The summed E-state index contributed by atoms with van der Waals surface area (Å²) in [7, 11) is 0. The zero-order valence-corrected chi connectivity index (χ0v) is 12.7. The summed E-state index contributed by atoms with van der Waals surface area (Å²) in [5.41, 5.74) is 3.40. The Morgan fingerprint density at radius 3 is 2.81 bits per heavy atom. The summed E-state index contributed by atoms with van der Waals surface area (Å²) in [6.07, 6.45) is 12.3. The van der Waals surface area contributed by atoms with Crippen molar-refractivity contribution in [3.8, 4) is 11.3 Å². The van der Waals surface area contributed by atoms with E-state index < -0.39 is 0 Å². The molecule has 0 unspecified atom stereocenters. The maximum Gasteiger partial charge on any atom is 0.0710 e. The molecule has 0 spiro atoms. The van der Waals surface area contributed by atoms with Crippen LogP contribution in [0.1, 0.15) is 44.6 Å². The van der Waals surface area contributed by atoms with Gasteiger partial charge in [-0.25, -0.2) is 0 Å². The van der Waals surface area contributed by atoms with Gasteiger partial charge in [-0.2, -0.15) is 5.10 Å². The summed E-state index contributed by atoms with van der Waals surface area (Å²) in [5.74, 6) is 0.947. The van der Waals surface area contributed by atoms with Crippen molar-refractivity contribution < 1.29 is 0 Å². The molecule has 1 aliphatic carbocycles. The molecule has 0 aliphatic heterocycles. The molecule has 2 N–H and O–H groups in total. The number of aromatic nitrogens is 3. The molecular formula is C17H24N4. The van der Waals surface area contributed by atoms with Crippen LogP contribution in [-0.2, 0) is 6.54 Å². The molecule has 2 aromatic heterocycles. The van der Waals surface area contributed by atoms with Gasteiger partial charge in [-0.05, 0) is 43.7 Å². The lowest BCUT2D eigenvalue weighted by atomic mass is 9.84. The summed E-state index contributed by atoms with van der Waals surface area (Å²) >= 11 is 0. The number of nitrogens with zero attached hydrogens (tertiary/aromatic N) is 2. The Labute approximate surface area is 126 Å². The molecule has 0 bridgehead atoms. The Bertz CT molecular complexity index is 541. The highest BCUT2D eigenvalue weighted by Crippen LogP contribution is 2.27. The summed E-state index contributed by atoms with van der Waals surface area (Å²) in [4.78, 5) is 4.18. The minimum atomic E-state index is 0.657. The van der Waals surface area contributed by atoms with Crippen LogP contribution >= 0.6 is 0 Å². The zero-order chi connectivity index (χ0) is 14.5. The fourth-order valence-electron chi connectivity index (χ4n) is 3.23. The van der Waals surface area contributed by atoms with E-state index in [4.69, 9.17) is 0 Å². The van der Waals surface area contributed by atoms with E-state index >= 15 is 0 Å². The van der Waals surface area contributed by atoms with E-state index in [1.165, 1.54) is 37.7 Å². The highest BCUT2D eigenvalue weighted by Gasteiger charge is 2.19. The number of pyridine rings is 1. The van der Waals surface area contributed by atoms with Crippen LogP contribution in [0.3, 0.4) is 0 Å². The lowest BCUT2D eigenvalue weighted by Crippen LogP contribution is -2.32. The summed E-state index contributed by atoms with van der Waals surface area (Å²) in [6, 6.07) is 4.68. The number of nitrogens with one attached hydrogen (secondary N) is 2. The molecule has 1 aliphatic rings. The first-order valence-corrected chi connectivity index (χ1v) is 8.03. The number of rotatable bonds is 5. The first-order valence-electron chi connectivity index (χ1n) is 8.03. The maximum absolute atomic E-state index is 4.19. The molecule has 4 heteroatoms. The number of hydrogen-bond donors (Lipinski definition) is 2. The summed E-state index contributed by atoms with van der Waals surface area (Å²) in [5, 5.41) is 11.0. The lowest BCUT2D eigenvalue weighted by Gasteiger charge is -2.28. The van der Waals surface area contributed by atoms with E-state index in [0.29, 0.717) is 6.04 Å². The van der Waals surface area contributed by atoms with Gasteiger partial charge in [0.25, 0.3) is 0 Å². The average Bonchev–Trinajstić information content (AvgIpc) is 3.03. The fraction of sp³-hybridized carbons (Fsp3) is 0.529. The molecule has 112 valence electrons. The van der Waals surface area contributed by atoms with Crippen molar-refractivity contribution in [2.75, 3.05) is 0 Å². The molecule has 1 saturated carbocycles. The van der Waals surface area contributed by atoms with Gasteiger partial charge in [0.1, 0.15) is 0 Å². The van der Waals surface area contributed by atoms with Gasteiger partial charge in [-0.3, -0.25) is 10.1 Å². The van der Waals surface area contributed by atoms with Crippen molar-refractivity contribution in [2.24, 2.45) is 5.92 Å². The van der Waals surface area contributed by atoms with Gasteiger partial charge < -0.3 is 5.32 Å². The van der Waals surface area contributed by atoms with Crippen molar-refractivity contribution in [3.63, 3.8) is 0 Å². The number of aromatic amines is 1. The van der Waals surface area contributed by atoms with Gasteiger partial charge in [0, 0.05) is 36.1 Å². The third-order valence-corrected chi connectivity index (χ3v) is 4.67. The van der Waals surface area contributed by atoms with Gasteiger partial charge in [0.15, 0.2) is 0 Å². The Balaban J connectivity index is 1.58. The van der Waals surface area contributed by atoms with Gasteiger partial charge in [-0.15, -0.1) is 0 Å². The Morgan fingerprint density at radius 1 is 1.24 bits per heavy atom. The van der Waals surface area contributed by atoms with E-state index in [1.54, 1.807) is 6.20 Å². The van der Waals surface area contributed by atoms with Crippen molar-refractivity contribution >= 4 is 0 Å². The van der Waals surface area contributed by atoms with Crippen molar-refractivity contribution in [3.05, 3.63) is 36.3 Å².